The van der Waals surface area contributed by atoms with Gasteiger partial charge < -0.3 is 14.3 Å². The van der Waals surface area contributed by atoms with Gasteiger partial charge in [0.15, 0.2) is 5.58 Å². The normalized spacial score (nSPS) is 11.6. The van der Waals surface area contributed by atoms with Gasteiger partial charge in [0.25, 0.3) is 0 Å². The van der Waals surface area contributed by atoms with Crippen LogP contribution in [-0.4, -0.2) is 11.1 Å². The van der Waals surface area contributed by atoms with Crippen molar-refractivity contribution >= 4 is 28.5 Å². The van der Waals surface area contributed by atoms with E-state index in [4.69, 9.17) is 25.9 Å². The first-order valence-corrected chi connectivity index (χ1v) is 8.71. The Morgan fingerprint density at radius 3 is 2.62 bits per heavy atom. The highest BCUT2D eigenvalue weighted by atomic mass is 35.5. The SMILES string of the molecule is Cc1c(CC(=O)O)c(=O)oc2c(Cl)c(OCc3cccc(C(F)(F)F)c3)ccc12. The largest absolute Gasteiger partial charge is 0.487 e. The number of benzene rings is 2. The molecule has 9 heteroatoms. The zero-order valence-electron chi connectivity index (χ0n) is 15.0. The van der Waals surface area contributed by atoms with Crippen LogP contribution in [0.3, 0.4) is 0 Å². The molecule has 0 aliphatic carbocycles. The van der Waals surface area contributed by atoms with Crippen LogP contribution >= 0.6 is 11.6 Å². The third kappa shape index (κ3) is 4.37. The van der Waals surface area contributed by atoms with E-state index in [1.165, 1.54) is 18.2 Å². The molecule has 3 aromatic rings. The van der Waals surface area contributed by atoms with Crippen molar-refractivity contribution in [3.8, 4) is 5.75 Å². The first-order valence-electron chi connectivity index (χ1n) is 8.33. The molecule has 0 spiro atoms. The Morgan fingerprint density at radius 1 is 1.24 bits per heavy atom. The van der Waals surface area contributed by atoms with Gasteiger partial charge in [0.05, 0.1) is 17.5 Å². The molecule has 0 aliphatic heterocycles. The van der Waals surface area contributed by atoms with Gasteiger partial charge in [0.1, 0.15) is 17.4 Å². The first kappa shape index (κ1) is 20.7. The van der Waals surface area contributed by atoms with Crippen molar-refractivity contribution in [1.82, 2.24) is 0 Å². The molecule has 0 saturated heterocycles. The number of alkyl halides is 3. The van der Waals surface area contributed by atoms with Gasteiger partial charge in [-0.2, -0.15) is 13.2 Å². The van der Waals surface area contributed by atoms with E-state index in [0.717, 1.165) is 12.1 Å². The van der Waals surface area contributed by atoms with Crippen LogP contribution in [0.15, 0.2) is 45.6 Å². The van der Waals surface area contributed by atoms with E-state index in [1.54, 1.807) is 13.0 Å². The van der Waals surface area contributed by atoms with Crippen LogP contribution in [0, 0.1) is 6.92 Å². The smallest absolute Gasteiger partial charge is 0.416 e. The number of carboxylic acid groups (broad SMARTS) is 1. The van der Waals surface area contributed by atoms with Crippen LogP contribution in [0.25, 0.3) is 11.0 Å². The monoisotopic (exact) mass is 426 g/mol. The number of halogens is 4. The van der Waals surface area contributed by atoms with Crippen molar-refractivity contribution in [3.05, 3.63) is 74.1 Å². The quantitative estimate of drug-likeness (QED) is 0.582. The maximum absolute atomic E-state index is 12.8. The van der Waals surface area contributed by atoms with E-state index < -0.39 is 29.8 Å². The molecular formula is C20H14ClF3O5. The lowest BCUT2D eigenvalue weighted by molar-refractivity contribution is -0.138. The fourth-order valence-corrected chi connectivity index (χ4v) is 3.13. The molecule has 1 aromatic heterocycles. The molecule has 3 rings (SSSR count). The van der Waals surface area contributed by atoms with Crippen LogP contribution in [0.1, 0.15) is 22.3 Å². The molecule has 5 nitrogen and oxygen atoms in total. The minimum absolute atomic E-state index is 0.0127. The minimum Gasteiger partial charge on any atom is -0.487 e. The highest BCUT2D eigenvalue weighted by Crippen LogP contribution is 2.35. The second-order valence-corrected chi connectivity index (χ2v) is 6.68. The molecule has 0 saturated carbocycles. The summed E-state index contributed by atoms with van der Waals surface area (Å²) in [5.41, 5.74) is -0.885. The Bertz CT molecular complexity index is 1150. The number of carbonyl (C=O) groups is 1. The number of aliphatic carboxylic acids is 1. The Labute approximate surface area is 167 Å². The Kier molecular flexibility index (Phi) is 5.57. The molecule has 0 atom stereocenters. The summed E-state index contributed by atoms with van der Waals surface area (Å²) in [4.78, 5) is 23.1. The lowest BCUT2D eigenvalue weighted by atomic mass is 10.0. The van der Waals surface area contributed by atoms with Crippen molar-refractivity contribution in [2.75, 3.05) is 0 Å². The molecule has 1 N–H and O–H groups in total. The topological polar surface area (TPSA) is 76.7 Å². The van der Waals surface area contributed by atoms with Gasteiger partial charge in [-0.15, -0.1) is 0 Å². The second-order valence-electron chi connectivity index (χ2n) is 6.30. The van der Waals surface area contributed by atoms with Gasteiger partial charge in [0, 0.05) is 5.39 Å². The number of rotatable bonds is 5. The Morgan fingerprint density at radius 2 is 1.97 bits per heavy atom. The minimum atomic E-state index is -4.47. The highest BCUT2D eigenvalue weighted by molar-refractivity contribution is 6.36. The van der Waals surface area contributed by atoms with Gasteiger partial charge in [0.2, 0.25) is 0 Å². The third-order valence-corrected chi connectivity index (χ3v) is 4.69. The van der Waals surface area contributed by atoms with Crippen molar-refractivity contribution in [1.29, 1.82) is 0 Å². The predicted octanol–water partition coefficient (Wildman–Crippen LogP) is 4.98. The van der Waals surface area contributed by atoms with Gasteiger partial charge in [-0.25, -0.2) is 4.79 Å². The highest BCUT2D eigenvalue weighted by Gasteiger charge is 2.30. The second kappa shape index (κ2) is 7.79. The molecular weight excluding hydrogens is 413 g/mol. The van der Waals surface area contributed by atoms with E-state index in [1.807, 2.05) is 0 Å². The number of ether oxygens (including phenoxy) is 1. The molecule has 0 amide bonds. The van der Waals surface area contributed by atoms with E-state index in [9.17, 15) is 22.8 Å². The lowest BCUT2D eigenvalue weighted by Gasteiger charge is -2.13. The maximum Gasteiger partial charge on any atom is 0.416 e. The fourth-order valence-electron chi connectivity index (χ4n) is 2.87. The number of aryl methyl sites for hydroxylation is 1. The van der Waals surface area contributed by atoms with Crippen LogP contribution in [-0.2, 0) is 24.0 Å². The molecule has 29 heavy (non-hydrogen) atoms. The molecule has 0 bridgehead atoms. The molecule has 0 unspecified atom stereocenters. The summed E-state index contributed by atoms with van der Waals surface area (Å²) in [5.74, 6) is -1.06. The van der Waals surface area contributed by atoms with E-state index >= 15 is 0 Å². The van der Waals surface area contributed by atoms with Crippen molar-refractivity contribution in [2.45, 2.75) is 26.1 Å². The zero-order valence-corrected chi connectivity index (χ0v) is 15.7. The van der Waals surface area contributed by atoms with Crippen molar-refractivity contribution in [2.24, 2.45) is 0 Å². The van der Waals surface area contributed by atoms with Gasteiger partial charge in [-0.3, -0.25) is 4.79 Å². The average molecular weight is 427 g/mol. The first-order chi connectivity index (χ1) is 13.6. The molecule has 152 valence electrons. The zero-order chi connectivity index (χ0) is 21.3. The number of carboxylic acids is 1. The summed E-state index contributed by atoms with van der Waals surface area (Å²) in [6, 6.07) is 7.71. The van der Waals surface area contributed by atoms with Crippen LogP contribution in [0.2, 0.25) is 5.02 Å². The van der Waals surface area contributed by atoms with Crippen molar-refractivity contribution in [3.63, 3.8) is 0 Å². The molecule has 2 aromatic carbocycles. The Balaban J connectivity index is 1.93. The number of hydrogen-bond donors (Lipinski definition) is 1. The maximum atomic E-state index is 12.8. The van der Waals surface area contributed by atoms with Gasteiger partial charge in [-0.05, 0) is 42.3 Å². The predicted molar refractivity (Wildman–Crippen MR) is 99.3 cm³/mol. The molecule has 0 aliphatic rings. The summed E-state index contributed by atoms with van der Waals surface area (Å²) in [5, 5.41) is 9.35. The fraction of sp³-hybridized carbons (Fsp3) is 0.200. The van der Waals surface area contributed by atoms with E-state index in [-0.39, 0.29) is 34.1 Å². The summed E-state index contributed by atoms with van der Waals surface area (Å²) >= 11 is 6.26. The molecule has 0 fully saturated rings. The van der Waals surface area contributed by atoms with E-state index in [0.29, 0.717) is 10.9 Å². The van der Waals surface area contributed by atoms with Gasteiger partial charge >= 0.3 is 17.8 Å². The van der Waals surface area contributed by atoms with Crippen LogP contribution in [0.4, 0.5) is 13.2 Å². The van der Waals surface area contributed by atoms with Gasteiger partial charge in [-0.1, -0.05) is 23.7 Å². The Hall–Kier alpha value is -3.00. The average Bonchev–Trinajstić information content (AvgIpc) is 2.64. The van der Waals surface area contributed by atoms with Crippen LogP contribution in [0.5, 0.6) is 5.75 Å². The van der Waals surface area contributed by atoms with E-state index in [2.05, 4.69) is 0 Å². The number of fused-ring (bicyclic) bond motifs is 1. The summed E-state index contributed by atoms with van der Waals surface area (Å²) < 4.78 is 49.1. The van der Waals surface area contributed by atoms with Crippen LogP contribution < -0.4 is 10.4 Å². The summed E-state index contributed by atoms with van der Waals surface area (Å²) in [7, 11) is 0. The lowest BCUT2D eigenvalue weighted by Crippen LogP contribution is -2.15. The number of hydrogen-bond acceptors (Lipinski definition) is 4. The molecule has 1 heterocycles. The van der Waals surface area contributed by atoms with Crippen molar-refractivity contribution < 1.29 is 32.2 Å². The molecule has 0 radical (unpaired) electrons. The summed E-state index contributed by atoms with van der Waals surface area (Å²) in [6.45, 7) is 1.40. The standard InChI is InChI=1S/C20H14ClF3O5/c1-10-13-5-6-15(17(21)18(13)29-19(27)14(10)8-16(25)26)28-9-11-3-2-4-12(7-11)20(22,23)24/h2-7H,8-9H2,1H3,(H,25,26). The third-order valence-electron chi connectivity index (χ3n) is 4.34. The summed E-state index contributed by atoms with van der Waals surface area (Å²) in [6.07, 6.45) is -4.96.